The van der Waals surface area contributed by atoms with Crippen LogP contribution in [-0.4, -0.2) is 31.8 Å². The van der Waals surface area contributed by atoms with Crippen molar-refractivity contribution in [3.8, 4) is 5.75 Å². The lowest BCUT2D eigenvalue weighted by Gasteiger charge is -2.09. The second kappa shape index (κ2) is 5.64. The number of hydrogen-bond donors (Lipinski definition) is 1. The molecule has 0 bridgehead atoms. The van der Waals surface area contributed by atoms with Gasteiger partial charge in [-0.05, 0) is 18.2 Å². The SMILES string of the molecule is COc1cc(Nc2nccc(Cl)n2)cc(S(C)(=O)=O)c1. The van der Waals surface area contributed by atoms with Crippen LogP contribution < -0.4 is 10.1 Å². The van der Waals surface area contributed by atoms with Gasteiger partial charge in [0, 0.05) is 24.2 Å². The van der Waals surface area contributed by atoms with Crippen molar-refractivity contribution in [1.29, 1.82) is 0 Å². The number of nitrogens with one attached hydrogen (secondary N) is 1. The fourth-order valence-electron chi connectivity index (χ4n) is 1.50. The molecule has 0 aliphatic rings. The third-order valence-corrected chi connectivity index (χ3v) is 3.72. The lowest BCUT2D eigenvalue weighted by atomic mass is 10.3. The van der Waals surface area contributed by atoms with Crippen LogP contribution >= 0.6 is 11.6 Å². The third-order valence-electron chi connectivity index (χ3n) is 2.42. The van der Waals surface area contributed by atoms with Gasteiger partial charge in [-0.3, -0.25) is 0 Å². The van der Waals surface area contributed by atoms with Gasteiger partial charge in [-0.2, -0.15) is 0 Å². The molecule has 0 fully saturated rings. The molecule has 0 atom stereocenters. The summed E-state index contributed by atoms with van der Waals surface area (Å²) < 4.78 is 28.3. The number of halogens is 1. The molecule has 1 aromatic heterocycles. The second-order valence-electron chi connectivity index (χ2n) is 4.00. The Bertz CT molecular complexity index is 734. The van der Waals surface area contributed by atoms with E-state index < -0.39 is 9.84 Å². The highest BCUT2D eigenvalue weighted by molar-refractivity contribution is 7.90. The van der Waals surface area contributed by atoms with Crippen molar-refractivity contribution in [3.05, 3.63) is 35.6 Å². The van der Waals surface area contributed by atoms with Crippen LogP contribution in [0.4, 0.5) is 11.6 Å². The van der Waals surface area contributed by atoms with Crippen LogP contribution in [0.5, 0.6) is 5.75 Å². The lowest BCUT2D eigenvalue weighted by Crippen LogP contribution is -2.01. The minimum Gasteiger partial charge on any atom is -0.497 e. The Hall–Kier alpha value is -1.86. The number of sulfone groups is 1. The summed E-state index contributed by atoms with van der Waals surface area (Å²) in [5, 5.41) is 3.17. The van der Waals surface area contributed by atoms with Crippen LogP contribution in [0.2, 0.25) is 5.15 Å². The molecule has 8 heteroatoms. The Kier molecular flexibility index (Phi) is 4.10. The monoisotopic (exact) mass is 313 g/mol. The van der Waals surface area contributed by atoms with E-state index in [0.717, 1.165) is 6.26 Å². The lowest BCUT2D eigenvalue weighted by molar-refractivity contribution is 0.413. The molecule has 1 aromatic carbocycles. The first kappa shape index (κ1) is 14.5. The van der Waals surface area contributed by atoms with Gasteiger partial charge in [0.1, 0.15) is 10.9 Å². The van der Waals surface area contributed by atoms with Crippen molar-refractivity contribution in [3.63, 3.8) is 0 Å². The van der Waals surface area contributed by atoms with Crippen molar-refractivity contribution in [2.45, 2.75) is 4.90 Å². The quantitative estimate of drug-likeness (QED) is 0.872. The summed E-state index contributed by atoms with van der Waals surface area (Å²) in [6.07, 6.45) is 2.62. The number of methoxy groups -OCH3 is 1. The molecule has 0 saturated carbocycles. The second-order valence-corrected chi connectivity index (χ2v) is 6.40. The van der Waals surface area contributed by atoms with Crippen LogP contribution in [-0.2, 0) is 9.84 Å². The Balaban J connectivity index is 2.41. The summed E-state index contributed by atoms with van der Waals surface area (Å²) in [7, 11) is -1.89. The third kappa shape index (κ3) is 3.58. The predicted molar refractivity (Wildman–Crippen MR) is 76.4 cm³/mol. The molecule has 0 radical (unpaired) electrons. The molecule has 2 aromatic rings. The van der Waals surface area contributed by atoms with E-state index in [1.165, 1.54) is 25.4 Å². The van der Waals surface area contributed by atoms with Crippen molar-refractivity contribution in [2.24, 2.45) is 0 Å². The van der Waals surface area contributed by atoms with Gasteiger partial charge in [-0.15, -0.1) is 0 Å². The highest BCUT2D eigenvalue weighted by Gasteiger charge is 2.11. The van der Waals surface area contributed by atoms with Crippen LogP contribution in [0.15, 0.2) is 35.4 Å². The van der Waals surface area contributed by atoms with E-state index in [-0.39, 0.29) is 16.0 Å². The first-order valence-electron chi connectivity index (χ1n) is 5.53. The van der Waals surface area contributed by atoms with E-state index in [1.54, 1.807) is 12.1 Å². The van der Waals surface area contributed by atoms with Crippen molar-refractivity contribution in [2.75, 3.05) is 18.7 Å². The molecule has 0 spiro atoms. The van der Waals surface area contributed by atoms with E-state index in [2.05, 4.69) is 15.3 Å². The van der Waals surface area contributed by atoms with Gasteiger partial charge in [0.15, 0.2) is 9.84 Å². The number of anilines is 2. The minimum atomic E-state index is -3.35. The maximum Gasteiger partial charge on any atom is 0.228 e. The molecule has 0 amide bonds. The molecule has 0 aliphatic heterocycles. The predicted octanol–water partition coefficient (Wildman–Crippen LogP) is 2.29. The molecule has 106 valence electrons. The zero-order chi connectivity index (χ0) is 14.8. The Labute approximate surface area is 121 Å². The molecule has 6 nitrogen and oxygen atoms in total. The molecule has 20 heavy (non-hydrogen) atoms. The maximum absolute atomic E-state index is 11.6. The minimum absolute atomic E-state index is 0.140. The molecule has 0 unspecified atom stereocenters. The van der Waals surface area contributed by atoms with Crippen molar-refractivity contribution >= 4 is 33.1 Å². The largest absolute Gasteiger partial charge is 0.497 e. The van der Waals surface area contributed by atoms with Gasteiger partial charge in [0.05, 0.1) is 12.0 Å². The summed E-state index contributed by atoms with van der Waals surface area (Å²) in [5.74, 6) is 0.683. The summed E-state index contributed by atoms with van der Waals surface area (Å²) in [6, 6.07) is 6.10. The average molecular weight is 314 g/mol. The van der Waals surface area contributed by atoms with Gasteiger partial charge >= 0.3 is 0 Å². The number of nitrogens with zero attached hydrogens (tertiary/aromatic N) is 2. The molecular weight excluding hydrogens is 302 g/mol. The van der Waals surface area contributed by atoms with E-state index >= 15 is 0 Å². The highest BCUT2D eigenvalue weighted by atomic mass is 35.5. The summed E-state index contributed by atoms with van der Waals surface area (Å²) in [4.78, 5) is 8.09. The maximum atomic E-state index is 11.6. The van der Waals surface area contributed by atoms with Crippen molar-refractivity contribution in [1.82, 2.24) is 9.97 Å². The zero-order valence-corrected chi connectivity index (χ0v) is 12.4. The van der Waals surface area contributed by atoms with Gasteiger partial charge in [0.25, 0.3) is 0 Å². The number of ether oxygens (including phenoxy) is 1. The number of rotatable bonds is 4. The molecule has 2 rings (SSSR count). The van der Waals surface area contributed by atoms with Gasteiger partial charge < -0.3 is 10.1 Å². The average Bonchev–Trinajstić information content (AvgIpc) is 2.37. The summed E-state index contributed by atoms with van der Waals surface area (Å²) in [5.41, 5.74) is 0.493. The fourth-order valence-corrected chi connectivity index (χ4v) is 2.31. The van der Waals surface area contributed by atoms with Gasteiger partial charge in [0.2, 0.25) is 5.95 Å². The molecule has 1 N–H and O–H groups in total. The van der Waals surface area contributed by atoms with E-state index in [4.69, 9.17) is 16.3 Å². The van der Waals surface area contributed by atoms with Crippen LogP contribution in [0, 0.1) is 0 Å². The van der Waals surface area contributed by atoms with Crippen LogP contribution in [0.1, 0.15) is 0 Å². The van der Waals surface area contributed by atoms with Crippen LogP contribution in [0.25, 0.3) is 0 Å². The van der Waals surface area contributed by atoms with Crippen molar-refractivity contribution < 1.29 is 13.2 Å². The summed E-state index contributed by atoms with van der Waals surface area (Å²) >= 11 is 5.76. The fraction of sp³-hybridized carbons (Fsp3) is 0.167. The van der Waals surface area contributed by atoms with Gasteiger partial charge in [-0.1, -0.05) is 11.6 Å². The molecule has 0 aliphatic carbocycles. The Morgan fingerprint density at radius 2 is 2.05 bits per heavy atom. The zero-order valence-electron chi connectivity index (χ0n) is 10.8. The summed E-state index contributed by atoms with van der Waals surface area (Å²) in [6.45, 7) is 0. The van der Waals surface area contributed by atoms with E-state index in [9.17, 15) is 8.42 Å². The smallest absolute Gasteiger partial charge is 0.228 e. The Morgan fingerprint density at radius 3 is 2.65 bits per heavy atom. The standard InChI is InChI=1S/C12H12ClN3O3S/c1-19-9-5-8(6-10(7-9)20(2,17)18)15-12-14-4-3-11(13)16-12/h3-7H,1-2H3,(H,14,15,16). The Morgan fingerprint density at radius 1 is 1.30 bits per heavy atom. The normalized spacial score (nSPS) is 11.2. The molecule has 1 heterocycles. The molecule has 0 saturated heterocycles. The van der Waals surface area contributed by atoms with E-state index in [1.807, 2.05) is 0 Å². The van der Waals surface area contributed by atoms with E-state index in [0.29, 0.717) is 11.4 Å². The highest BCUT2D eigenvalue weighted by Crippen LogP contribution is 2.25. The molecular formula is C12H12ClN3O3S. The van der Waals surface area contributed by atoms with Crippen LogP contribution in [0.3, 0.4) is 0 Å². The number of benzene rings is 1. The first-order chi connectivity index (χ1) is 9.38. The van der Waals surface area contributed by atoms with Gasteiger partial charge in [-0.25, -0.2) is 18.4 Å². The first-order valence-corrected chi connectivity index (χ1v) is 7.80. The number of aromatic nitrogens is 2. The number of hydrogen-bond acceptors (Lipinski definition) is 6. The topological polar surface area (TPSA) is 81.2 Å².